The Morgan fingerprint density at radius 1 is 1.00 bits per heavy atom. The molecule has 0 aromatic heterocycles. The summed E-state index contributed by atoms with van der Waals surface area (Å²) >= 11 is 0.789. The van der Waals surface area contributed by atoms with Gasteiger partial charge in [0.2, 0.25) is 0 Å². The molecule has 0 spiro atoms. The molecule has 0 aliphatic carbocycles. The van der Waals surface area contributed by atoms with E-state index in [1.54, 1.807) is 6.26 Å². The minimum Gasteiger partial charge on any atom is -0.394 e. The van der Waals surface area contributed by atoms with E-state index in [-0.39, 0.29) is 11.5 Å². The van der Waals surface area contributed by atoms with Crippen LogP contribution in [0.5, 0.6) is 0 Å². The van der Waals surface area contributed by atoms with E-state index in [4.69, 9.17) is 9.29 Å². The third-order valence-electron chi connectivity index (χ3n) is 4.91. The highest BCUT2D eigenvalue weighted by molar-refractivity contribution is 8.14. The van der Waals surface area contributed by atoms with Gasteiger partial charge in [0.1, 0.15) is 34.9 Å². The average Bonchev–Trinajstić information content (AvgIpc) is 2.72. The highest BCUT2D eigenvalue weighted by atomic mass is 32.3. The van der Waals surface area contributed by atoms with Crippen molar-refractivity contribution in [3.05, 3.63) is 0 Å². The van der Waals surface area contributed by atoms with Gasteiger partial charge in [0, 0.05) is 22.8 Å². The minimum absolute atomic E-state index is 0.111. The normalized spacial score (nSPS) is 27.9. The van der Waals surface area contributed by atoms with E-state index < -0.39 is 57.7 Å². The Morgan fingerprint density at radius 3 is 2.09 bits per heavy atom. The van der Waals surface area contributed by atoms with Gasteiger partial charge in [-0.2, -0.15) is 8.42 Å². The molecule has 1 unspecified atom stereocenters. The fourth-order valence-corrected chi connectivity index (χ4v) is 5.11. The maximum Gasteiger partial charge on any atom is 0.466 e. The average molecular weight is 522 g/mol. The van der Waals surface area contributed by atoms with Crippen molar-refractivity contribution < 1.29 is 46.6 Å². The molecule has 1 heterocycles. The third-order valence-corrected chi connectivity index (χ3v) is 7.21. The number of aliphatic hydroxyl groups excluding tert-OH is 4. The number of rotatable bonds is 15. The summed E-state index contributed by atoms with van der Waals surface area (Å²) in [6.45, 7) is -0.591. The van der Waals surface area contributed by atoms with Crippen molar-refractivity contribution in [2.45, 2.75) is 87.6 Å². The van der Waals surface area contributed by atoms with E-state index in [1.165, 1.54) is 0 Å². The van der Waals surface area contributed by atoms with Crippen molar-refractivity contribution in [3.63, 3.8) is 0 Å². The van der Waals surface area contributed by atoms with Crippen LogP contribution in [0.4, 0.5) is 0 Å². The van der Waals surface area contributed by atoms with Crippen LogP contribution in [0.3, 0.4) is 0 Å². The van der Waals surface area contributed by atoms with Crippen LogP contribution in [0.1, 0.15) is 57.8 Å². The van der Waals surface area contributed by atoms with Gasteiger partial charge in [0.15, 0.2) is 0 Å². The summed E-state index contributed by atoms with van der Waals surface area (Å²) in [5.41, 5.74) is -1.13. The third kappa shape index (κ3) is 12.2. The van der Waals surface area contributed by atoms with Gasteiger partial charge in [-0.05, 0) is 19.3 Å². The molecule has 1 saturated heterocycles. The van der Waals surface area contributed by atoms with Crippen molar-refractivity contribution in [1.82, 2.24) is 0 Å². The van der Waals surface area contributed by atoms with E-state index in [1.807, 2.05) is 0 Å². The van der Waals surface area contributed by atoms with E-state index in [0.29, 0.717) is 6.42 Å². The first kappa shape index (κ1) is 29.7. The molecule has 190 valence electrons. The smallest absolute Gasteiger partial charge is 0.394 e. The Balaban J connectivity index is 2.48. The molecule has 0 aromatic rings. The monoisotopic (exact) mass is 521 g/mol. The van der Waals surface area contributed by atoms with Crippen LogP contribution in [0.25, 0.3) is 0 Å². The summed E-state index contributed by atoms with van der Waals surface area (Å²) in [5, 5.41) is 42.7. The number of nitrogens with zero attached hydrogens (tertiary/aromatic N) is 1. The Kier molecular flexibility index (Phi) is 14.4. The Hall–Kier alpha value is -0.320. The van der Waals surface area contributed by atoms with Gasteiger partial charge in [-0.25, -0.2) is 4.28 Å². The lowest BCUT2D eigenvalue weighted by Gasteiger charge is -2.39. The number of hydrogen-bond acceptors (Lipinski definition) is 11. The van der Waals surface area contributed by atoms with Crippen LogP contribution in [-0.4, -0.2) is 91.1 Å². The Morgan fingerprint density at radius 2 is 1.56 bits per heavy atom. The lowest BCUT2D eigenvalue weighted by Crippen LogP contribution is -2.57. The van der Waals surface area contributed by atoms with Gasteiger partial charge in [-0.1, -0.05) is 55.4 Å². The van der Waals surface area contributed by atoms with Crippen molar-refractivity contribution in [2.75, 3.05) is 18.6 Å². The fraction of sp³-hybridized carbons (Fsp3) is 0.944. The summed E-state index contributed by atoms with van der Waals surface area (Å²) in [6, 6.07) is 0. The van der Waals surface area contributed by atoms with Crippen molar-refractivity contribution in [3.8, 4) is 0 Å². The zero-order valence-electron chi connectivity index (χ0n) is 18.1. The van der Waals surface area contributed by atoms with Crippen LogP contribution in [0.2, 0.25) is 0 Å². The molecule has 0 saturated carbocycles. The molecule has 6 atom stereocenters. The number of ether oxygens (including phenoxy) is 1. The van der Waals surface area contributed by atoms with Crippen molar-refractivity contribution in [1.29, 1.82) is 0 Å². The standard InChI is InChI=1S/C18H35NO10S3/c1-31(24)11-9-7-5-3-2-4-6-8-10-14(19-29-32(25,26)27)30-18-17(23)16(22)15(21)13(12-20)28-18/h13,15-18,20-23H,2-12H2,1H3,(H,25,26,27)/b19-14-/t13-,15-,16+,17-,18+,31?/m1/s1. The van der Waals surface area contributed by atoms with E-state index in [2.05, 4.69) is 9.44 Å². The Bertz CT molecular complexity index is 688. The lowest BCUT2D eigenvalue weighted by atomic mass is 10.0. The molecule has 1 fully saturated rings. The molecule has 5 N–H and O–H groups in total. The zero-order valence-corrected chi connectivity index (χ0v) is 20.6. The first-order valence-electron chi connectivity index (χ1n) is 10.5. The van der Waals surface area contributed by atoms with Gasteiger partial charge >= 0.3 is 10.4 Å². The van der Waals surface area contributed by atoms with Crippen LogP contribution in [0, 0.1) is 0 Å². The molecule has 1 aliphatic heterocycles. The van der Waals surface area contributed by atoms with Gasteiger partial charge in [-0.3, -0.25) is 8.76 Å². The van der Waals surface area contributed by atoms with Gasteiger partial charge in [0.05, 0.1) is 6.61 Å². The highest BCUT2D eigenvalue weighted by Crippen LogP contribution is 2.30. The second kappa shape index (κ2) is 15.6. The topological polar surface area (TPSA) is 183 Å². The molecule has 32 heavy (non-hydrogen) atoms. The summed E-state index contributed by atoms with van der Waals surface area (Å²) in [6.07, 6.45) is 3.90. The quantitative estimate of drug-likeness (QED) is 0.0666. The number of aliphatic hydroxyl groups is 4. The predicted octanol–water partition coefficient (Wildman–Crippen LogP) is 0.542. The molecular formula is C18H35NO10S3. The van der Waals surface area contributed by atoms with Crippen molar-refractivity contribution in [2.24, 2.45) is 5.16 Å². The van der Waals surface area contributed by atoms with Gasteiger partial charge in [-0.15, -0.1) is 0 Å². The summed E-state index contributed by atoms with van der Waals surface area (Å²) in [7, 11) is -5.56. The van der Waals surface area contributed by atoms with E-state index in [0.717, 1.165) is 62.5 Å². The molecular weight excluding hydrogens is 486 g/mol. The number of thioether (sulfide) groups is 1. The molecule has 14 heteroatoms. The zero-order chi connectivity index (χ0) is 24.1. The number of oxime groups is 1. The summed E-state index contributed by atoms with van der Waals surface area (Å²) in [4.78, 5) is 0. The van der Waals surface area contributed by atoms with Crippen LogP contribution in [-0.2, 0) is 30.2 Å². The molecule has 0 aromatic carbocycles. The first-order chi connectivity index (χ1) is 15.0. The SMILES string of the molecule is CS(=O)CCCCCCCCCC/C(=N/OS(=O)(=O)O)S[C@@H]1O[C@H](CO)[C@@H](O)[C@H](O)[C@H]1O. The maximum atomic E-state index is 11.0. The summed E-state index contributed by atoms with van der Waals surface area (Å²) < 4.78 is 51.0. The minimum atomic E-state index is -4.82. The van der Waals surface area contributed by atoms with Gasteiger partial charge < -0.3 is 25.2 Å². The second-order valence-electron chi connectivity index (χ2n) is 7.66. The first-order valence-corrected chi connectivity index (χ1v) is 14.5. The molecule has 11 nitrogen and oxygen atoms in total. The van der Waals surface area contributed by atoms with Crippen LogP contribution in [0.15, 0.2) is 5.16 Å². The van der Waals surface area contributed by atoms with Crippen LogP contribution < -0.4 is 0 Å². The number of unbranched alkanes of at least 4 members (excludes halogenated alkanes) is 7. The molecule has 0 bridgehead atoms. The Labute approximate surface area is 196 Å². The lowest BCUT2D eigenvalue weighted by molar-refractivity contribution is -0.205. The van der Waals surface area contributed by atoms with E-state index in [9.17, 15) is 33.1 Å². The van der Waals surface area contributed by atoms with E-state index >= 15 is 0 Å². The molecule has 1 aliphatic rings. The largest absolute Gasteiger partial charge is 0.466 e. The second-order valence-corrected chi connectivity index (χ2v) is 11.4. The molecule has 0 amide bonds. The summed E-state index contributed by atoms with van der Waals surface area (Å²) in [5.74, 6) is 0.736. The molecule has 0 radical (unpaired) electrons. The van der Waals surface area contributed by atoms with Crippen LogP contribution >= 0.6 is 11.8 Å². The fourth-order valence-electron chi connectivity index (χ4n) is 3.16. The predicted molar refractivity (Wildman–Crippen MR) is 122 cm³/mol. The maximum absolute atomic E-state index is 11.0. The number of hydrogen-bond donors (Lipinski definition) is 5. The highest BCUT2D eigenvalue weighted by Gasteiger charge is 2.44. The molecule has 1 rings (SSSR count). The van der Waals surface area contributed by atoms with Gasteiger partial charge in [0.25, 0.3) is 0 Å². The van der Waals surface area contributed by atoms with Crippen molar-refractivity contribution >= 4 is 38.0 Å².